The van der Waals surface area contributed by atoms with Crippen LogP contribution in [0.4, 0.5) is 5.69 Å². The number of carbonyl (C=O) groups is 2. The minimum Gasteiger partial charge on any atom is -0.459 e. The molecule has 7 heteroatoms. The second-order valence-corrected chi connectivity index (χ2v) is 10.7. The summed E-state index contributed by atoms with van der Waals surface area (Å²) in [6.07, 6.45) is 1.20. The minimum absolute atomic E-state index is 0.0145. The number of benzene rings is 1. The molecule has 1 heterocycles. The molecule has 0 aliphatic carbocycles. The number of nitrogens with one attached hydrogen (secondary N) is 2. The van der Waals surface area contributed by atoms with Crippen LogP contribution in [0.3, 0.4) is 0 Å². The van der Waals surface area contributed by atoms with Crippen LogP contribution in [0.15, 0.2) is 35.5 Å². The van der Waals surface area contributed by atoms with Crippen molar-refractivity contribution in [2.45, 2.75) is 80.4 Å². The van der Waals surface area contributed by atoms with Crippen molar-refractivity contribution >= 4 is 34.9 Å². The van der Waals surface area contributed by atoms with Crippen molar-refractivity contribution in [3.05, 3.63) is 41.1 Å². The third-order valence-electron chi connectivity index (χ3n) is 5.47. The van der Waals surface area contributed by atoms with Gasteiger partial charge in [-0.1, -0.05) is 39.8 Å². The number of thiocarbonyl (C=S) groups is 1. The minimum atomic E-state index is -0.455. The summed E-state index contributed by atoms with van der Waals surface area (Å²) in [5.74, 6) is -0.0978. The number of ether oxygens (including phenoxy) is 1. The lowest BCUT2D eigenvalue weighted by Crippen LogP contribution is -2.47. The van der Waals surface area contributed by atoms with Gasteiger partial charge in [0.25, 0.3) is 0 Å². The van der Waals surface area contributed by atoms with Gasteiger partial charge in [0.1, 0.15) is 0 Å². The van der Waals surface area contributed by atoms with Crippen LogP contribution >= 0.6 is 12.2 Å². The molecule has 1 aromatic rings. The van der Waals surface area contributed by atoms with Gasteiger partial charge in [-0.3, -0.25) is 4.79 Å². The Labute approximate surface area is 204 Å². The van der Waals surface area contributed by atoms with E-state index in [0.29, 0.717) is 29.3 Å². The molecule has 0 saturated carbocycles. The number of amides is 1. The van der Waals surface area contributed by atoms with Crippen LogP contribution in [-0.2, 0) is 14.3 Å². The molecule has 0 radical (unpaired) electrons. The number of hydrogen-bond acceptors (Lipinski definition) is 4. The Hall–Kier alpha value is -2.41. The van der Waals surface area contributed by atoms with Crippen LogP contribution in [0.5, 0.6) is 0 Å². The summed E-state index contributed by atoms with van der Waals surface area (Å²) in [5, 5.41) is 6.87. The summed E-state index contributed by atoms with van der Waals surface area (Å²) in [6.45, 7) is 16.8. The third kappa shape index (κ3) is 7.56. The lowest BCUT2D eigenvalue weighted by atomic mass is 9.84. The van der Waals surface area contributed by atoms with Gasteiger partial charge in [-0.25, -0.2) is 4.79 Å². The predicted molar refractivity (Wildman–Crippen MR) is 138 cm³/mol. The van der Waals surface area contributed by atoms with E-state index in [1.165, 1.54) is 0 Å². The molecule has 2 N–H and O–H groups in total. The van der Waals surface area contributed by atoms with Gasteiger partial charge in [0, 0.05) is 24.4 Å². The van der Waals surface area contributed by atoms with Gasteiger partial charge in [0.2, 0.25) is 5.91 Å². The first-order chi connectivity index (χ1) is 15.3. The van der Waals surface area contributed by atoms with Gasteiger partial charge >= 0.3 is 5.97 Å². The molecule has 1 aliphatic rings. The zero-order chi connectivity index (χ0) is 24.9. The second-order valence-electron chi connectivity index (χ2n) is 10.3. The fourth-order valence-corrected chi connectivity index (χ4v) is 4.78. The molecule has 182 valence electrons. The van der Waals surface area contributed by atoms with Crippen molar-refractivity contribution in [1.29, 1.82) is 0 Å². The Bertz CT molecular complexity index is 918. The smallest absolute Gasteiger partial charge is 0.338 e. The molecule has 0 aromatic heterocycles. The molecule has 0 spiro atoms. The lowest BCUT2D eigenvalue weighted by molar-refractivity contribution is -0.143. The normalized spacial score (nSPS) is 17.7. The standard InChI is InChI=1S/C26H39N3O3S/c1-9-29-18(5)22(24(31)32-16(2)3)23(28-25(29)33)19-11-10-12-20(14-19)27-21(30)13-17(4)15-26(6,7)8/h10-12,14,16-17,23H,9,13,15H2,1-8H3,(H,27,30)(H,28,33). The van der Waals surface area contributed by atoms with Gasteiger partial charge in [-0.15, -0.1) is 0 Å². The average Bonchev–Trinajstić information content (AvgIpc) is 2.65. The van der Waals surface area contributed by atoms with Gasteiger partial charge in [-0.05, 0) is 75.4 Å². The van der Waals surface area contributed by atoms with Gasteiger partial charge in [0.05, 0.1) is 17.7 Å². The van der Waals surface area contributed by atoms with Crippen LogP contribution in [0, 0.1) is 11.3 Å². The monoisotopic (exact) mass is 473 g/mol. The van der Waals surface area contributed by atoms with E-state index in [9.17, 15) is 9.59 Å². The Morgan fingerprint density at radius 1 is 1.24 bits per heavy atom. The van der Waals surface area contributed by atoms with Crippen LogP contribution in [-0.4, -0.2) is 34.5 Å². The van der Waals surface area contributed by atoms with Crippen molar-refractivity contribution in [3.63, 3.8) is 0 Å². The highest BCUT2D eigenvalue weighted by Gasteiger charge is 2.34. The molecule has 6 nitrogen and oxygen atoms in total. The number of carbonyl (C=O) groups excluding carboxylic acids is 2. The molecular weight excluding hydrogens is 434 g/mol. The highest BCUT2D eigenvalue weighted by atomic mass is 32.1. The lowest BCUT2D eigenvalue weighted by Gasteiger charge is -2.37. The number of rotatable bonds is 8. The van der Waals surface area contributed by atoms with E-state index in [-0.39, 0.29) is 29.3 Å². The van der Waals surface area contributed by atoms with E-state index < -0.39 is 6.04 Å². The van der Waals surface area contributed by atoms with Gasteiger partial charge in [-0.2, -0.15) is 0 Å². The molecular formula is C26H39N3O3S. The molecule has 0 bridgehead atoms. The maximum absolute atomic E-state index is 13.0. The van der Waals surface area contributed by atoms with Gasteiger partial charge < -0.3 is 20.3 Å². The predicted octanol–water partition coefficient (Wildman–Crippen LogP) is 5.56. The Kier molecular flexibility index (Phi) is 9.06. The van der Waals surface area contributed by atoms with Crippen molar-refractivity contribution < 1.29 is 14.3 Å². The zero-order valence-electron chi connectivity index (χ0n) is 21.2. The highest BCUT2D eigenvalue weighted by molar-refractivity contribution is 7.80. The average molecular weight is 474 g/mol. The zero-order valence-corrected chi connectivity index (χ0v) is 22.1. The molecule has 2 unspecified atom stereocenters. The first-order valence-corrected chi connectivity index (χ1v) is 12.1. The molecule has 2 rings (SSSR count). The Morgan fingerprint density at radius 2 is 1.91 bits per heavy atom. The van der Waals surface area contributed by atoms with E-state index >= 15 is 0 Å². The number of hydrogen-bond donors (Lipinski definition) is 2. The fraction of sp³-hybridized carbons (Fsp3) is 0.577. The molecule has 0 fully saturated rings. The van der Waals surface area contributed by atoms with E-state index in [0.717, 1.165) is 17.7 Å². The SMILES string of the molecule is CCN1C(=S)NC(c2cccc(NC(=O)CC(C)CC(C)(C)C)c2)C(C(=O)OC(C)C)=C1C. The molecule has 2 atom stereocenters. The topological polar surface area (TPSA) is 70.7 Å². The first-order valence-electron chi connectivity index (χ1n) is 11.7. The summed E-state index contributed by atoms with van der Waals surface area (Å²) >= 11 is 5.56. The molecule has 1 aromatic carbocycles. The van der Waals surface area contributed by atoms with Gasteiger partial charge in [0.15, 0.2) is 5.11 Å². The largest absolute Gasteiger partial charge is 0.459 e. The summed E-state index contributed by atoms with van der Waals surface area (Å²) in [5.41, 5.74) is 3.02. The molecule has 1 amide bonds. The van der Waals surface area contributed by atoms with Crippen LogP contribution in [0.2, 0.25) is 0 Å². The van der Waals surface area contributed by atoms with Crippen molar-refractivity contribution in [2.24, 2.45) is 11.3 Å². The number of esters is 1. The van der Waals surface area contributed by atoms with Crippen LogP contribution in [0.1, 0.15) is 79.8 Å². The number of allylic oxidation sites excluding steroid dienone is 1. The summed E-state index contributed by atoms with van der Waals surface area (Å²) < 4.78 is 5.54. The van der Waals surface area contributed by atoms with E-state index in [1.54, 1.807) is 0 Å². The molecule has 33 heavy (non-hydrogen) atoms. The Balaban J connectivity index is 2.29. The molecule has 1 aliphatic heterocycles. The maximum atomic E-state index is 13.0. The first kappa shape index (κ1) is 26.8. The summed E-state index contributed by atoms with van der Waals surface area (Å²) in [4.78, 5) is 27.5. The van der Waals surface area contributed by atoms with E-state index in [2.05, 4.69) is 38.3 Å². The van der Waals surface area contributed by atoms with Crippen LogP contribution in [0.25, 0.3) is 0 Å². The van der Waals surface area contributed by atoms with Crippen molar-refractivity contribution in [2.75, 3.05) is 11.9 Å². The summed E-state index contributed by atoms with van der Waals surface area (Å²) in [7, 11) is 0. The summed E-state index contributed by atoms with van der Waals surface area (Å²) in [6, 6.07) is 7.10. The third-order valence-corrected chi connectivity index (χ3v) is 5.81. The Morgan fingerprint density at radius 3 is 2.48 bits per heavy atom. The van der Waals surface area contributed by atoms with E-state index in [4.69, 9.17) is 17.0 Å². The van der Waals surface area contributed by atoms with Crippen molar-refractivity contribution in [1.82, 2.24) is 10.2 Å². The van der Waals surface area contributed by atoms with Crippen LogP contribution < -0.4 is 10.6 Å². The quantitative estimate of drug-likeness (QED) is 0.380. The number of anilines is 1. The van der Waals surface area contributed by atoms with E-state index in [1.807, 2.05) is 56.9 Å². The second kappa shape index (κ2) is 11.1. The van der Waals surface area contributed by atoms with Crippen molar-refractivity contribution in [3.8, 4) is 0 Å². The maximum Gasteiger partial charge on any atom is 0.338 e. The number of nitrogens with zero attached hydrogens (tertiary/aromatic N) is 1. The highest BCUT2D eigenvalue weighted by Crippen LogP contribution is 2.33. The fourth-order valence-electron chi connectivity index (χ4n) is 4.40. The molecule has 0 saturated heterocycles.